The minimum absolute atomic E-state index is 0.399. The molecule has 0 radical (unpaired) electrons. The average Bonchev–Trinajstić information content (AvgIpc) is 2.97. The zero-order valence-electron chi connectivity index (χ0n) is 11.7. The van der Waals surface area contributed by atoms with Gasteiger partial charge in [-0.15, -0.1) is 0 Å². The number of esters is 1. The first-order valence-electron chi connectivity index (χ1n) is 6.44. The number of hydrogen-bond acceptors (Lipinski definition) is 4. The lowest BCUT2D eigenvalue weighted by Crippen LogP contribution is -2.06. The predicted molar refractivity (Wildman–Crippen MR) is 78.5 cm³/mol. The van der Waals surface area contributed by atoms with Crippen molar-refractivity contribution in [3.63, 3.8) is 0 Å². The van der Waals surface area contributed by atoms with Gasteiger partial charge in [0.05, 0.1) is 19.9 Å². The molecular weight excluding hydrogens is 268 g/mol. The Bertz CT molecular complexity index is 808. The third kappa shape index (κ3) is 2.23. The van der Waals surface area contributed by atoms with Gasteiger partial charge in [0.15, 0.2) is 0 Å². The number of pyridine rings is 1. The molecule has 0 fully saturated rings. The van der Waals surface area contributed by atoms with Crippen LogP contribution in [0, 0.1) is 0 Å². The summed E-state index contributed by atoms with van der Waals surface area (Å²) in [5.41, 5.74) is 2.73. The second-order valence-electron chi connectivity index (χ2n) is 4.46. The Hall–Kier alpha value is -2.82. The van der Waals surface area contributed by atoms with Crippen LogP contribution >= 0.6 is 0 Å². The van der Waals surface area contributed by atoms with Crippen molar-refractivity contribution in [1.29, 1.82) is 0 Å². The Labute approximate surface area is 121 Å². The van der Waals surface area contributed by atoms with Crippen molar-refractivity contribution in [3.05, 3.63) is 54.4 Å². The van der Waals surface area contributed by atoms with Crippen LogP contribution in [0.4, 0.5) is 0 Å². The molecule has 0 aliphatic carbocycles. The summed E-state index contributed by atoms with van der Waals surface area (Å²) in [7, 11) is 2.98. The average molecular weight is 282 g/mol. The van der Waals surface area contributed by atoms with Gasteiger partial charge in [-0.25, -0.2) is 9.78 Å². The lowest BCUT2D eigenvalue weighted by molar-refractivity contribution is 0.0592. The van der Waals surface area contributed by atoms with E-state index in [1.54, 1.807) is 29.8 Å². The highest BCUT2D eigenvalue weighted by Gasteiger charge is 2.14. The number of rotatable bonds is 3. The first kappa shape index (κ1) is 13.2. The molecule has 0 spiro atoms. The number of para-hydroxylation sites is 1. The number of benzene rings is 1. The normalized spacial score (nSPS) is 10.6. The molecule has 0 atom stereocenters. The number of methoxy groups -OCH3 is 2. The Morgan fingerprint density at radius 3 is 2.67 bits per heavy atom. The van der Waals surface area contributed by atoms with Gasteiger partial charge in [-0.05, 0) is 24.3 Å². The van der Waals surface area contributed by atoms with E-state index in [2.05, 4.69) is 4.98 Å². The molecule has 0 saturated heterocycles. The van der Waals surface area contributed by atoms with E-state index in [9.17, 15) is 4.79 Å². The number of aromatic nitrogens is 2. The Kier molecular flexibility index (Phi) is 3.31. The van der Waals surface area contributed by atoms with Crippen molar-refractivity contribution >= 4 is 11.6 Å². The molecule has 106 valence electrons. The molecule has 0 aliphatic heterocycles. The Balaban J connectivity index is 2.20. The van der Waals surface area contributed by atoms with Crippen LogP contribution in [0.15, 0.2) is 48.7 Å². The molecule has 5 heteroatoms. The zero-order valence-corrected chi connectivity index (χ0v) is 11.7. The monoisotopic (exact) mass is 282 g/mol. The molecule has 3 aromatic rings. The maximum atomic E-state index is 11.8. The quantitative estimate of drug-likeness (QED) is 0.693. The standard InChI is InChI=1S/C16H14N2O3/c1-20-14-8-4-3-6-11(14)12-10-18-13(16(19)21-2)7-5-9-15(18)17-12/h3-10H,1-2H3. The van der Waals surface area contributed by atoms with Gasteiger partial charge in [-0.2, -0.15) is 0 Å². The Morgan fingerprint density at radius 1 is 1.10 bits per heavy atom. The van der Waals surface area contributed by atoms with Crippen LogP contribution in [0.3, 0.4) is 0 Å². The van der Waals surface area contributed by atoms with Crippen molar-refractivity contribution in [1.82, 2.24) is 9.38 Å². The van der Waals surface area contributed by atoms with Crippen molar-refractivity contribution in [2.75, 3.05) is 14.2 Å². The highest BCUT2D eigenvalue weighted by Crippen LogP contribution is 2.29. The minimum Gasteiger partial charge on any atom is -0.496 e. The van der Waals surface area contributed by atoms with Crippen LogP contribution in [0.5, 0.6) is 5.75 Å². The number of nitrogens with zero attached hydrogens (tertiary/aromatic N) is 2. The van der Waals surface area contributed by atoms with Crippen molar-refractivity contribution in [2.24, 2.45) is 0 Å². The zero-order chi connectivity index (χ0) is 14.8. The third-order valence-corrected chi connectivity index (χ3v) is 3.27. The highest BCUT2D eigenvalue weighted by atomic mass is 16.5. The van der Waals surface area contributed by atoms with E-state index < -0.39 is 5.97 Å². The molecule has 2 heterocycles. The third-order valence-electron chi connectivity index (χ3n) is 3.27. The molecule has 0 aliphatic rings. The summed E-state index contributed by atoms with van der Waals surface area (Å²) in [6.45, 7) is 0. The summed E-state index contributed by atoms with van der Waals surface area (Å²) >= 11 is 0. The van der Waals surface area contributed by atoms with E-state index >= 15 is 0 Å². The number of fused-ring (bicyclic) bond motifs is 1. The predicted octanol–water partition coefficient (Wildman–Crippen LogP) is 2.80. The summed E-state index contributed by atoms with van der Waals surface area (Å²) < 4.78 is 11.9. The van der Waals surface area contributed by atoms with Crippen LogP contribution in [0.2, 0.25) is 0 Å². The number of imidazole rings is 1. The topological polar surface area (TPSA) is 52.8 Å². The van der Waals surface area contributed by atoms with E-state index in [-0.39, 0.29) is 0 Å². The fourth-order valence-corrected chi connectivity index (χ4v) is 2.27. The van der Waals surface area contributed by atoms with Gasteiger partial charge in [0.1, 0.15) is 17.1 Å². The summed E-state index contributed by atoms with van der Waals surface area (Å²) in [6, 6.07) is 12.9. The van der Waals surface area contributed by atoms with Gasteiger partial charge < -0.3 is 9.47 Å². The van der Waals surface area contributed by atoms with Crippen LogP contribution in [-0.2, 0) is 4.74 Å². The molecule has 3 rings (SSSR count). The Morgan fingerprint density at radius 2 is 1.90 bits per heavy atom. The van der Waals surface area contributed by atoms with E-state index in [0.717, 1.165) is 17.0 Å². The second kappa shape index (κ2) is 5.28. The van der Waals surface area contributed by atoms with Crippen molar-refractivity contribution in [2.45, 2.75) is 0 Å². The number of carbonyl (C=O) groups excluding carboxylic acids is 1. The van der Waals surface area contributed by atoms with E-state index in [1.165, 1.54) is 7.11 Å². The van der Waals surface area contributed by atoms with E-state index in [0.29, 0.717) is 11.3 Å². The van der Waals surface area contributed by atoms with Crippen LogP contribution in [0.25, 0.3) is 16.9 Å². The fraction of sp³-hybridized carbons (Fsp3) is 0.125. The lowest BCUT2D eigenvalue weighted by atomic mass is 10.1. The molecular formula is C16H14N2O3. The maximum absolute atomic E-state index is 11.8. The first-order chi connectivity index (χ1) is 10.2. The highest BCUT2D eigenvalue weighted by molar-refractivity contribution is 5.88. The number of carbonyl (C=O) groups is 1. The first-order valence-corrected chi connectivity index (χ1v) is 6.44. The van der Waals surface area contributed by atoms with Gasteiger partial charge in [0, 0.05) is 11.8 Å². The largest absolute Gasteiger partial charge is 0.496 e. The lowest BCUT2D eigenvalue weighted by Gasteiger charge is -2.04. The van der Waals surface area contributed by atoms with Gasteiger partial charge in [-0.3, -0.25) is 4.40 Å². The van der Waals surface area contributed by atoms with Gasteiger partial charge >= 0.3 is 5.97 Å². The van der Waals surface area contributed by atoms with Crippen LogP contribution in [-0.4, -0.2) is 29.6 Å². The molecule has 0 N–H and O–H groups in total. The number of hydrogen-bond donors (Lipinski definition) is 0. The summed E-state index contributed by atoms with van der Waals surface area (Å²) in [5.74, 6) is 0.338. The van der Waals surface area contributed by atoms with Gasteiger partial charge in [0.2, 0.25) is 0 Å². The maximum Gasteiger partial charge on any atom is 0.355 e. The summed E-state index contributed by atoms with van der Waals surface area (Å²) in [5, 5.41) is 0. The van der Waals surface area contributed by atoms with Crippen LogP contribution < -0.4 is 4.74 Å². The summed E-state index contributed by atoms with van der Waals surface area (Å²) in [4.78, 5) is 16.3. The van der Waals surface area contributed by atoms with Gasteiger partial charge in [0.25, 0.3) is 0 Å². The molecule has 21 heavy (non-hydrogen) atoms. The molecule has 5 nitrogen and oxygen atoms in total. The molecule has 2 aromatic heterocycles. The molecule has 1 aromatic carbocycles. The van der Waals surface area contributed by atoms with E-state index in [4.69, 9.17) is 9.47 Å². The number of ether oxygens (including phenoxy) is 2. The van der Waals surface area contributed by atoms with Crippen molar-refractivity contribution < 1.29 is 14.3 Å². The van der Waals surface area contributed by atoms with E-state index in [1.807, 2.05) is 30.3 Å². The molecule has 0 amide bonds. The van der Waals surface area contributed by atoms with Crippen molar-refractivity contribution in [3.8, 4) is 17.0 Å². The SMILES string of the molecule is COC(=O)c1cccc2nc(-c3ccccc3OC)cn12. The van der Waals surface area contributed by atoms with Crippen LogP contribution in [0.1, 0.15) is 10.5 Å². The molecule has 0 saturated carbocycles. The smallest absolute Gasteiger partial charge is 0.355 e. The van der Waals surface area contributed by atoms with Gasteiger partial charge in [-0.1, -0.05) is 18.2 Å². The summed E-state index contributed by atoms with van der Waals surface area (Å²) in [6.07, 6.45) is 1.80. The second-order valence-corrected chi connectivity index (χ2v) is 4.46. The molecule has 0 bridgehead atoms. The molecule has 0 unspecified atom stereocenters. The fourth-order valence-electron chi connectivity index (χ4n) is 2.27. The minimum atomic E-state index is -0.399.